The Hall–Kier alpha value is -2.98. The smallest absolute Gasteiger partial charge is 0.407 e. The molecule has 2 aliphatic rings. The highest BCUT2D eigenvalue weighted by molar-refractivity contribution is 5.65. The molecule has 0 saturated carbocycles. The molecule has 0 bridgehead atoms. The first-order valence-electron chi connectivity index (χ1n) is 12.1. The van der Waals surface area contributed by atoms with Crippen molar-refractivity contribution in [3.8, 4) is 17.5 Å². The van der Waals surface area contributed by atoms with Gasteiger partial charge in [0, 0.05) is 46.1 Å². The Bertz CT molecular complexity index is 1020. The molecule has 35 heavy (non-hydrogen) atoms. The van der Waals surface area contributed by atoms with Crippen LogP contribution >= 0.6 is 0 Å². The van der Waals surface area contributed by atoms with Crippen molar-refractivity contribution in [2.45, 2.75) is 51.2 Å². The van der Waals surface area contributed by atoms with E-state index < -0.39 is 11.9 Å². The first-order chi connectivity index (χ1) is 16.9. The van der Waals surface area contributed by atoms with Gasteiger partial charge in [-0.3, -0.25) is 0 Å². The molecule has 2 fully saturated rings. The minimum Gasteiger partial charge on any atom is -0.474 e. The van der Waals surface area contributed by atoms with E-state index in [4.69, 9.17) is 19.3 Å². The molecule has 1 aromatic heterocycles. The van der Waals surface area contributed by atoms with Crippen LogP contribution < -0.4 is 9.47 Å². The molecule has 2 aliphatic heterocycles. The lowest BCUT2D eigenvalue weighted by atomic mass is 10.1. The summed E-state index contributed by atoms with van der Waals surface area (Å²) in [7, 11) is 1.75. The third kappa shape index (κ3) is 6.58. The van der Waals surface area contributed by atoms with Crippen molar-refractivity contribution in [3.05, 3.63) is 41.5 Å². The number of rotatable bonds is 8. The van der Waals surface area contributed by atoms with Crippen molar-refractivity contribution < 1.29 is 28.5 Å². The second kappa shape index (κ2) is 11.6. The van der Waals surface area contributed by atoms with Crippen molar-refractivity contribution in [2.75, 3.05) is 39.8 Å². The van der Waals surface area contributed by atoms with E-state index in [-0.39, 0.29) is 23.8 Å². The second-order valence-corrected chi connectivity index (χ2v) is 9.11. The summed E-state index contributed by atoms with van der Waals surface area (Å²) in [6, 6.07) is 5.01. The van der Waals surface area contributed by atoms with Gasteiger partial charge in [-0.05, 0) is 50.4 Å². The van der Waals surface area contributed by atoms with E-state index in [9.17, 15) is 9.18 Å². The van der Waals surface area contributed by atoms with E-state index in [1.165, 1.54) is 17.3 Å². The molecule has 0 radical (unpaired) electrons. The zero-order valence-corrected chi connectivity index (χ0v) is 20.3. The number of amides is 1. The van der Waals surface area contributed by atoms with Gasteiger partial charge in [0.25, 0.3) is 0 Å². The predicted molar refractivity (Wildman–Crippen MR) is 127 cm³/mol. The highest BCUT2D eigenvalue weighted by Gasteiger charge is 2.25. The molecule has 1 atom stereocenters. The highest BCUT2D eigenvalue weighted by atomic mass is 19.1. The zero-order valence-electron chi connectivity index (χ0n) is 20.3. The Labute approximate surface area is 204 Å². The van der Waals surface area contributed by atoms with Gasteiger partial charge < -0.3 is 29.1 Å². The van der Waals surface area contributed by atoms with Crippen molar-refractivity contribution in [2.24, 2.45) is 0 Å². The number of carbonyl (C=O) groups is 1. The quantitative estimate of drug-likeness (QED) is 0.598. The van der Waals surface area contributed by atoms with Crippen LogP contribution in [0.3, 0.4) is 0 Å². The Morgan fingerprint density at radius 1 is 1.14 bits per heavy atom. The fourth-order valence-corrected chi connectivity index (χ4v) is 4.55. The van der Waals surface area contributed by atoms with Crippen LogP contribution in [0.1, 0.15) is 36.8 Å². The number of benzene rings is 1. The molecule has 0 aliphatic carbocycles. The van der Waals surface area contributed by atoms with Crippen LogP contribution in [0.25, 0.3) is 0 Å². The number of piperidine rings is 2. The van der Waals surface area contributed by atoms with Gasteiger partial charge in [0.15, 0.2) is 11.6 Å². The van der Waals surface area contributed by atoms with Gasteiger partial charge in [0.2, 0.25) is 11.8 Å². The average Bonchev–Trinajstić information content (AvgIpc) is 2.87. The van der Waals surface area contributed by atoms with E-state index in [2.05, 4.69) is 14.9 Å². The topological polar surface area (TPSA) is 97.3 Å². The normalized spacial score (nSPS) is 19.5. The lowest BCUT2D eigenvalue weighted by Gasteiger charge is -2.31. The summed E-state index contributed by atoms with van der Waals surface area (Å²) in [6.07, 6.45) is 4.63. The second-order valence-electron chi connectivity index (χ2n) is 9.11. The first kappa shape index (κ1) is 25.1. The maximum Gasteiger partial charge on any atom is 0.407 e. The van der Waals surface area contributed by atoms with Gasteiger partial charge in [-0.15, -0.1) is 0 Å². The summed E-state index contributed by atoms with van der Waals surface area (Å²) in [5.41, 5.74) is 1.47. The van der Waals surface area contributed by atoms with E-state index in [0.29, 0.717) is 37.4 Å². The number of aromatic nitrogens is 2. The highest BCUT2D eigenvalue weighted by Crippen LogP contribution is 2.31. The van der Waals surface area contributed by atoms with Gasteiger partial charge in [0.05, 0.1) is 11.7 Å². The molecule has 1 N–H and O–H groups in total. The molecule has 0 unspecified atom stereocenters. The van der Waals surface area contributed by atoms with Crippen molar-refractivity contribution in [3.63, 3.8) is 0 Å². The minimum atomic E-state index is -0.920. The number of ether oxygens (including phenoxy) is 3. The molecular formula is C25H33FN4O5. The van der Waals surface area contributed by atoms with Crippen LogP contribution in [0.15, 0.2) is 24.5 Å². The van der Waals surface area contributed by atoms with E-state index >= 15 is 0 Å². The SMILES string of the molecule is CO[C@@H]1CCCN(CCc2ccc(Oc3ncnc(OC4CCN(C(=O)O)CC4)c3C)c(F)c2)C1. The Kier molecular flexibility index (Phi) is 8.35. The van der Waals surface area contributed by atoms with Crippen LogP contribution in [-0.2, 0) is 11.2 Å². The summed E-state index contributed by atoms with van der Waals surface area (Å²) in [5.74, 6) is 0.228. The molecule has 1 amide bonds. The van der Waals surface area contributed by atoms with Crippen LogP contribution in [0.2, 0.25) is 0 Å². The molecule has 0 spiro atoms. The lowest BCUT2D eigenvalue weighted by molar-refractivity contribution is 0.0319. The molecule has 190 valence electrons. The number of methoxy groups -OCH3 is 1. The Balaban J connectivity index is 1.34. The third-order valence-corrected chi connectivity index (χ3v) is 6.70. The van der Waals surface area contributed by atoms with Gasteiger partial charge in [-0.2, -0.15) is 0 Å². The summed E-state index contributed by atoms with van der Waals surface area (Å²) >= 11 is 0. The Morgan fingerprint density at radius 3 is 2.63 bits per heavy atom. The summed E-state index contributed by atoms with van der Waals surface area (Å²) < 4.78 is 32.1. The predicted octanol–water partition coefficient (Wildman–Crippen LogP) is 3.89. The van der Waals surface area contributed by atoms with E-state index in [0.717, 1.165) is 44.5 Å². The van der Waals surface area contributed by atoms with Gasteiger partial charge in [-0.1, -0.05) is 6.07 Å². The molecule has 3 heterocycles. The molecule has 1 aromatic carbocycles. The van der Waals surface area contributed by atoms with Crippen LogP contribution in [0.5, 0.6) is 17.5 Å². The maximum atomic E-state index is 14.8. The maximum absolute atomic E-state index is 14.8. The third-order valence-electron chi connectivity index (χ3n) is 6.70. The van der Waals surface area contributed by atoms with E-state index in [1.54, 1.807) is 20.1 Å². The van der Waals surface area contributed by atoms with E-state index in [1.807, 2.05) is 6.07 Å². The number of hydrogen-bond donors (Lipinski definition) is 1. The fourth-order valence-electron chi connectivity index (χ4n) is 4.55. The molecule has 4 rings (SSSR count). The van der Waals surface area contributed by atoms with Gasteiger partial charge >= 0.3 is 6.09 Å². The number of carboxylic acid groups (broad SMARTS) is 1. The minimum absolute atomic E-state index is 0.0914. The summed E-state index contributed by atoms with van der Waals surface area (Å²) in [6.45, 7) is 5.40. The van der Waals surface area contributed by atoms with Crippen LogP contribution in [-0.4, -0.2) is 83.0 Å². The molecule has 9 nitrogen and oxygen atoms in total. The number of nitrogens with zero attached hydrogens (tertiary/aromatic N) is 4. The zero-order chi connectivity index (χ0) is 24.8. The van der Waals surface area contributed by atoms with Crippen molar-refractivity contribution in [1.82, 2.24) is 19.8 Å². The number of halogens is 1. The molecule has 2 saturated heterocycles. The average molecular weight is 489 g/mol. The lowest BCUT2D eigenvalue weighted by Crippen LogP contribution is -2.41. The van der Waals surface area contributed by atoms with Crippen molar-refractivity contribution >= 4 is 6.09 Å². The van der Waals surface area contributed by atoms with Crippen LogP contribution in [0.4, 0.5) is 9.18 Å². The first-order valence-corrected chi connectivity index (χ1v) is 12.1. The van der Waals surface area contributed by atoms with Crippen LogP contribution in [0, 0.1) is 12.7 Å². The fraction of sp³-hybridized carbons (Fsp3) is 0.560. The Morgan fingerprint density at radius 2 is 1.91 bits per heavy atom. The number of likely N-dealkylation sites (tertiary alicyclic amines) is 2. The standard InChI is InChI=1S/C25H33FN4O5/c1-17-23(34-19-8-12-30(13-9-19)25(31)32)27-16-28-24(17)35-22-6-5-18(14-21(22)26)7-11-29-10-3-4-20(15-29)33-2/h5-6,14,16,19-20H,3-4,7-13,15H2,1-2H3,(H,31,32)/t20-/m1/s1. The largest absolute Gasteiger partial charge is 0.474 e. The summed E-state index contributed by atoms with van der Waals surface area (Å²) in [4.78, 5) is 23.2. The molecule has 10 heteroatoms. The summed E-state index contributed by atoms with van der Waals surface area (Å²) in [5, 5.41) is 9.09. The van der Waals surface area contributed by atoms with Crippen molar-refractivity contribution in [1.29, 1.82) is 0 Å². The molecular weight excluding hydrogens is 455 g/mol. The van der Waals surface area contributed by atoms with Gasteiger partial charge in [-0.25, -0.2) is 19.2 Å². The molecule has 2 aromatic rings. The van der Waals surface area contributed by atoms with Gasteiger partial charge in [0.1, 0.15) is 12.4 Å². The number of hydrogen-bond acceptors (Lipinski definition) is 7. The monoisotopic (exact) mass is 488 g/mol.